The Balaban J connectivity index is 2.21. The molecule has 3 heteroatoms. The zero-order chi connectivity index (χ0) is 11.5. The van der Waals surface area contributed by atoms with E-state index < -0.39 is 0 Å². The summed E-state index contributed by atoms with van der Waals surface area (Å²) in [7, 11) is 1.69. The fourth-order valence-corrected chi connectivity index (χ4v) is 2.50. The van der Waals surface area contributed by atoms with Crippen molar-refractivity contribution < 1.29 is 4.74 Å². The van der Waals surface area contributed by atoms with Crippen molar-refractivity contribution in [2.24, 2.45) is 5.73 Å². The van der Waals surface area contributed by atoms with Gasteiger partial charge in [-0.1, -0.05) is 19.1 Å². The standard InChI is InChI=1S/C13H20N2O/c1-3-15-9-8-12(14)13(15)10-4-6-11(16-2)7-5-10/h4-7,12-13H,3,8-9,14H2,1-2H3. The van der Waals surface area contributed by atoms with Crippen molar-refractivity contribution in [2.75, 3.05) is 20.2 Å². The third-order valence-electron chi connectivity index (χ3n) is 3.41. The zero-order valence-corrected chi connectivity index (χ0v) is 10.0. The maximum absolute atomic E-state index is 6.17. The van der Waals surface area contributed by atoms with Gasteiger partial charge in [-0.15, -0.1) is 0 Å². The Morgan fingerprint density at radius 2 is 2.06 bits per heavy atom. The van der Waals surface area contributed by atoms with E-state index in [-0.39, 0.29) is 6.04 Å². The van der Waals surface area contributed by atoms with Crippen LogP contribution in [0.5, 0.6) is 5.75 Å². The summed E-state index contributed by atoms with van der Waals surface area (Å²) in [5.41, 5.74) is 7.47. The van der Waals surface area contributed by atoms with E-state index in [0.717, 1.165) is 25.3 Å². The van der Waals surface area contributed by atoms with Gasteiger partial charge >= 0.3 is 0 Å². The van der Waals surface area contributed by atoms with Gasteiger partial charge in [0.2, 0.25) is 0 Å². The molecule has 2 rings (SSSR count). The number of likely N-dealkylation sites (N-methyl/N-ethyl adjacent to an activating group) is 1. The Morgan fingerprint density at radius 1 is 1.38 bits per heavy atom. The molecular formula is C13H20N2O. The number of likely N-dealkylation sites (tertiary alicyclic amines) is 1. The van der Waals surface area contributed by atoms with Gasteiger partial charge in [-0.3, -0.25) is 4.90 Å². The Labute approximate surface area is 97.2 Å². The van der Waals surface area contributed by atoms with Crippen molar-refractivity contribution in [1.29, 1.82) is 0 Å². The maximum atomic E-state index is 6.17. The second-order valence-corrected chi connectivity index (χ2v) is 4.30. The predicted molar refractivity (Wildman–Crippen MR) is 65.6 cm³/mol. The van der Waals surface area contributed by atoms with Crippen LogP contribution in [0.15, 0.2) is 24.3 Å². The third kappa shape index (κ3) is 2.06. The van der Waals surface area contributed by atoms with E-state index in [0.29, 0.717) is 6.04 Å². The van der Waals surface area contributed by atoms with E-state index in [9.17, 15) is 0 Å². The van der Waals surface area contributed by atoms with E-state index in [2.05, 4.69) is 24.0 Å². The minimum Gasteiger partial charge on any atom is -0.497 e. The molecule has 2 unspecified atom stereocenters. The molecule has 1 saturated heterocycles. The van der Waals surface area contributed by atoms with Crippen LogP contribution in [0.2, 0.25) is 0 Å². The van der Waals surface area contributed by atoms with E-state index >= 15 is 0 Å². The number of hydrogen-bond donors (Lipinski definition) is 1. The summed E-state index contributed by atoms with van der Waals surface area (Å²) < 4.78 is 5.17. The van der Waals surface area contributed by atoms with Gasteiger partial charge in [0, 0.05) is 18.6 Å². The molecular weight excluding hydrogens is 200 g/mol. The zero-order valence-electron chi connectivity index (χ0n) is 10.0. The average Bonchev–Trinajstić information content (AvgIpc) is 2.70. The summed E-state index contributed by atoms with van der Waals surface area (Å²) in [6, 6.07) is 8.89. The Kier molecular flexibility index (Phi) is 3.46. The first-order valence-corrected chi connectivity index (χ1v) is 5.90. The van der Waals surface area contributed by atoms with E-state index in [1.807, 2.05) is 12.1 Å². The summed E-state index contributed by atoms with van der Waals surface area (Å²) in [4.78, 5) is 2.44. The van der Waals surface area contributed by atoms with Crippen molar-refractivity contribution >= 4 is 0 Å². The van der Waals surface area contributed by atoms with Crippen LogP contribution in [0.1, 0.15) is 24.9 Å². The van der Waals surface area contributed by atoms with Gasteiger partial charge in [0.1, 0.15) is 5.75 Å². The lowest BCUT2D eigenvalue weighted by Gasteiger charge is -2.25. The number of nitrogens with two attached hydrogens (primary N) is 1. The molecule has 2 N–H and O–H groups in total. The minimum absolute atomic E-state index is 0.258. The summed E-state index contributed by atoms with van der Waals surface area (Å²) in [6.07, 6.45) is 1.09. The largest absolute Gasteiger partial charge is 0.497 e. The first-order chi connectivity index (χ1) is 7.76. The monoisotopic (exact) mass is 220 g/mol. The Hall–Kier alpha value is -1.06. The molecule has 16 heavy (non-hydrogen) atoms. The molecule has 1 fully saturated rings. The number of hydrogen-bond acceptors (Lipinski definition) is 3. The summed E-state index contributed by atoms with van der Waals surface area (Å²) in [6.45, 7) is 4.35. The van der Waals surface area contributed by atoms with Gasteiger partial charge in [0.25, 0.3) is 0 Å². The highest BCUT2D eigenvalue weighted by molar-refractivity contribution is 5.30. The predicted octanol–water partition coefficient (Wildman–Crippen LogP) is 1.79. The fourth-order valence-electron chi connectivity index (χ4n) is 2.50. The minimum atomic E-state index is 0.258. The molecule has 1 aliphatic rings. The topological polar surface area (TPSA) is 38.5 Å². The second kappa shape index (κ2) is 4.85. The highest BCUT2D eigenvalue weighted by Crippen LogP contribution is 2.31. The van der Waals surface area contributed by atoms with Crippen LogP contribution in [-0.2, 0) is 0 Å². The van der Waals surface area contributed by atoms with Gasteiger partial charge in [0.15, 0.2) is 0 Å². The Morgan fingerprint density at radius 3 is 2.62 bits per heavy atom. The van der Waals surface area contributed by atoms with Crippen LogP contribution in [0.3, 0.4) is 0 Å². The van der Waals surface area contributed by atoms with Gasteiger partial charge in [-0.25, -0.2) is 0 Å². The SMILES string of the molecule is CCN1CCC(N)C1c1ccc(OC)cc1. The quantitative estimate of drug-likeness (QED) is 0.844. The lowest BCUT2D eigenvalue weighted by Crippen LogP contribution is -2.31. The van der Waals surface area contributed by atoms with Crippen LogP contribution in [0.25, 0.3) is 0 Å². The van der Waals surface area contributed by atoms with Crippen molar-refractivity contribution in [1.82, 2.24) is 4.90 Å². The van der Waals surface area contributed by atoms with Crippen molar-refractivity contribution in [3.05, 3.63) is 29.8 Å². The molecule has 0 amide bonds. The first kappa shape index (κ1) is 11.4. The van der Waals surface area contributed by atoms with Gasteiger partial charge in [-0.2, -0.15) is 0 Å². The summed E-state index contributed by atoms with van der Waals surface area (Å²) >= 11 is 0. The molecule has 0 spiro atoms. The smallest absolute Gasteiger partial charge is 0.118 e. The molecule has 0 radical (unpaired) electrons. The molecule has 3 nitrogen and oxygen atoms in total. The van der Waals surface area contributed by atoms with Crippen LogP contribution in [0.4, 0.5) is 0 Å². The van der Waals surface area contributed by atoms with E-state index in [1.54, 1.807) is 7.11 Å². The third-order valence-corrected chi connectivity index (χ3v) is 3.41. The molecule has 1 aromatic rings. The van der Waals surface area contributed by atoms with Crippen molar-refractivity contribution in [2.45, 2.75) is 25.4 Å². The highest BCUT2D eigenvalue weighted by Gasteiger charge is 2.31. The molecule has 1 heterocycles. The van der Waals surface area contributed by atoms with Crippen LogP contribution >= 0.6 is 0 Å². The lowest BCUT2D eigenvalue weighted by atomic mass is 10.0. The molecule has 0 aliphatic carbocycles. The average molecular weight is 220 g/mol. The number of benzene rings is 1. The van der Waals surface area contributed by atoms with E-state index in [4.69, 9.17) is 10.5 Å². The van der Waals surface area contributed by atoms with Crippen molar-refractivity contribution in [3.63, 3.8) is 0 Å². The molecule has 0 saturated carbocycles. The fraction of sp³-hybridized carbons (Fsp3) is 0.538. The molecule has 0 aromatic heterocycles. The maximum Gasteiger partial charge on any atom is 0.118 e. The van der Waals surface area contributed by atoms with Gasteiger partial charge in [-0.05, 0) is 30.7 Å². The summed E-state index contributed by atoms with van der Waals surface area (Å²) in [5.74, 6) is 0.901. The first-order valence-electron chi connectivity index (χ1n) is 5.90. The number of rotatable bonds is 3. The number of methoxy groups -OCH3 is 1. The van der Waals surface area contributed by atoms with E-state index in [1.165, 1.54) is 5.56 Å². The second-order valence-electron chi connectivity index (χ2n) is 4.30. The van der Waals surface area contributed by atoms with Crippen LogP contribution in [-0.4, -0.2) is 31.1 Å². The van der Waals surface area contributed by atoms with Gasteiger partial charge < -0.3 is 10.5 Å². The lowest BCUT2D eigenvalue weighted by molar-refractivity contribution is 0.261. The number of ether oxygens (including phenoxy) is 1. The molecule has 1 aliphatic heterocycles. The summed E-state index contributed by atoms with van der Waals surface area (Å²) in [5, 5.41) is 0. The highest BCUT2D eigenvalue weighted by atomic mass is 16.5. The molecule has 2 atom stereocenters. The van der Waals surface area contributed by atoms with Crippen molar-refractivity contribution in [3.8, 4) is 5.75 Å². The Bertz CT molecular complexity index is 336. The molecule has 0 bridgehead atoms. The van der Waals surface area contributed by atoms with Gasteiger partial charge in [0.05, 0.1) is 7.11 Å². The molecule has 1 aromatic carbocycles. The normalized spacial score (nSPS) is 25.9. The molecule has 88 valence electrons. The van der Waals surface area contributed by atoms with Crippen LogP contribution in [0, 0.1) is 0 Å². The number of nitrogens with zero attached hydrogens (tertiary/aromatic N) is 1. The van der Waals surface area contributed by atoms with Crippen LogP contribution < -0.4 is 10.5 Å².